The molecule has 1 saturated heterocycles. The summed E-state index contributed by atoms with van der Waals surface area (Å²) < 4.78 is 0. The van der Waals surface area contributed by atoms with Gasteiger partial charge in [-0.15, -0.1) is 0 Å². The number of hydrogen-bond acceptors (Lipinski definition) is 3. The van der Waals surface area contributed by atoms with E-state index in [1.807, 2.05) is 30.3 Å². The lowest BCUT2D eigenvalue weighted by Crippen LogP contribution is -2.39. The van der Waals surface area contributed by atoms with Gasteiger partial charge in [0.25, 0.3) is 0 Å². The van der Waals surface area contributed by atoms with Crippen LogP contribution in [0.1, 0.15) is 12.0 Å². The second-order valence-electron chi connectivity index (χ2n) is 4.48. The molecule has 0 saturated carbocycles. The molecular formula is C14H15NO4. The number of amides is 1. The number of benzene rings is 1. The minimum atomic E-state index is -1.09. The molecule has 2 atom stereocenters. The van der Waals surface area contributed by atoms with Crippen molar-refractivity contribution in [2.45, 2.75) is 18.6 Å². The first kappa shape index (κ1) is 13.3. The van der Waals surface area contributed by atoms with Crippen molar-refractivity contribution < 1.29 is 19.8 Å². The monoisotopic (exact) mass is 261 g/mol. The minimum absolute atomic E-state index is 0.0644. The highest BCUT2D eigenvalue weighted by atomic mass is 16.4. The maximum Gasteiger partial charge on any atom is 0.326 e. The van der Waals surface area contributed by atoms with Gasteiger partial charge in [-0.3, -0.25) is 4.79 Å². The second-order valence-corrected chi connectivity index (χ2v) is 4.48. The van der Waals surface area contributed by atoms with E-state index < -0.39 is 24.0 Å². The summed E-state index contributed by atoms with van der Waals surface area (Å²) in [7, 11) is 0. The lowest BCUT2D eigenvalue weighted by Gasteiger charge is -2.19. The van der Waals surface area contributed by atoms with Crippen LogP contribution in [-0.2, 0) is 9.59 Å². The van der Waals surface area contributed by atoms with E-state index >= 15 is 0 Å². The molecular weight excluding hydrogens is 246 g/mol. The number of hydrogen-bond donors (Lipinski definition) is 2. The molecule has 5 nitrogen and oxygen atoms in total. The van der Waals surface area contributed by atoms with E-state index in [2.05, 4.69) is 0 Å². The molecule has 1 heterocycles. The fraction of sp³-hybridized carbons (Fsp3) is 0.286. The van der Waals surface area contributed by atoms with Crippen LogP contribution in [0.4, 0.5) is 0 Å². The Bertz CT molecular complexity index is 497. The average Bonchev–Trinajstić information content (AvgIpc) is 2.79. The van der Waals surface area contributed by atoms with E-state index in [0.29, 0.717) is 0 Å². The molecule has 0 spiro atoms. The van der Waals surface area contributed by atoms with E-state index in [1.165, 1.54) is 11.0 Å². The summed E-state index contributed by atoms with van der Waals surface area (Å²) in [6, 6.07) is 8.32. The predicted molar refractivity (Wildman–Crippen MR) is 69.2 cm³/mol. The van der Waals surface area contributed by atoms with Gasteiger partial charge >= 0.3 is 5.97 Å². The number of carbonyl (C=O) groups excluding carboxylic acids is 1. The number of likely N-dealkylation sites (tertiary alicyclic amines) is 1. The van der Waals surface area contributed by atoms with E-state index in [1.54, 1.807) is 6.08 Å². The van der Waals surface area contributed by atoms with E-state index in [-0.39, 0.29) is 13.0 Å². The summed E-state index contributed by atoms with van der Waals surface area (Å²) >= 11 is 0. The van der Waals surface area contributed by atoms with Gasteiger partial charge in [0.2, 0.25) is 5.91 Å². The molecule has 0 aromatic heterocycles. The summed E-state index contributed by atoms with van der Waals surface area (Å²) in [5.74, 6) is -1.48. The molecule has 1 aromatic carbocycles. The van der Waals surface area contributed by atoms with Crippen LogP contribution in [0, 0.1) is 0 Å². The Morgan fingerprint density at radius 2 is 1.95 bits per heavy atom. The van der Waals surface area contributed by atoms with Crippen LogP contribution in [0.25, 0.3) is 6.08 Å². The van der Waals surface area contributed by atoms with E-state index in [0.717, 1.165) is 5.56 Å². The molecule has 0 radical (unpaired) electrons. The molecule has 0 bridgehead atoms. The third-order valence-corrected chi connectivity index (χ3v) is 3.07. The summed E-state index contributed by atoms with van der Waals surface area (Å²) in [5, 5.41) is 18.5. The molecule has 19 heavy (non-hydrogen) atoms. The quantitative estimate of drug-likeness (QED) is 0.787. The van der Waals surface area contributed by atoms with Crippen molar-refractivity contribution >= 4 is 18.0 Å². The molecule has 1 fully saturated rings. The maximum absolute atomic E-state index is 11.9. The maximum atomic E-state index is 11.9. The van der Waals surface area contributed by atoms with E-state index in [4.69, 9.17) is 5.11 Å². The molecule has 2 N–H and O–H groups in total. The zero-order valence-corrected chi connectivity index (χ0v) is 10.3. The zero-order valence-electron chi connectivity index (χ0n) is 10.3. The zero-order chi connectivity index (χ0) is 13.8. The van der Waals surface area contributed by atoms with Crippen molar-refractivity contribution in [2.75, 3.05) is 6.54 Å². The number of rotatable bonds is 3. The Balaban J connectivity index is 2.07. The number of carboxylic acids is 1. The van der Waals surface area contributed by atoms with Crippen molar-refractivity contribution in [3.63, 3.8) is 0 Å². The lowest BCUT2D eigenvalue weighted by atomic mass is 10.2. The van der Waals surface area contributed by atoms with Crippen LogP contribution >= 0.6 is 0 Å². The topological polar surface area (TPSA) is 77.8 Å². The highest BCUT2D eigenvalue weighted by molar-refractivity contribution is 5.94. The summed E-state index contributed by atoms with van der Waals surface area (Å²) in [5.41, 5.74) is 0.863. The van der Waals surface area contributed by atoms with Crippen molar-refractivity contribution in [1.29, 1.82) is 0 Å². The van der Waals surface area contributed by atoms with Gasteiger partial charge in [-0.25, -0.2) is 4.79 Å². The molecule has 5 heteroatoms. The number of carboxylic acid groups (broad SMARTS) is 1. The Hall–Kier alpha value is -2.14. The van der Waals surface area contributed by atoms with Crippen molar-refractivity contribution in [3.8, 4) is 0 Å². The fourth-order valence-electron chi connectivity index (χ4n) is 2.12. The highest BCUT2D eigenvalue weighted by Crippen LogP contribution is 2.18. The third-order valence-electron chi connectivity index (χ3n) is 3.07. The summed E-state index contributed by atoms with van der Waals surface area (Å²) in [6.07, 6.45) is 2.28. The van der Waals surface area contributed by atoms with Crippen molar-refractivity contribution in [2.24, 2.45) is 0 Å². The molecule has 1 aliphatic rings. The minimum Gasteiger partial charge on any atom is -0.480 e. The Labute approximate surface area is 110 Å². The van der Waals surface area contributed by atoms with Crippen molar-refractivity contribution in [1.82, 2.24) is 4.90 Å². The molecule has 1 aromatic rings. The number of aliphatic hydroxyl groups is 1. The largest absolute Gasteiger partial charge is 0.480 e. The number of nitrogens with zero attached hydrogens (tertiary/aromatic N) is 1. The van der Waals surface area contributed by atoms with Crippen LogP contribution in [0.5, 0.6) is 0 Å². The Morgan fingerprint density at radius 1 is 1.26 bits per heavy atom. The lowest BCUT2D eigenvalue weighted by molar-refractivity contribution is -0.146. The smallest absolute Gasteiger partial charge is 0.326 e. The average molecular weight is 261 g/mol. The van der Waals surface area contributed by atoms with Crippen LogP contribution in [0.15, 0.2) is 36.4 Å². The number of aliphatic carboxylic acids is 1. The van der Waals surface area contributed by atoms with Crippen LogP contribution in [-0.4, -0.2) is 45.7 Å². The molecule has 1 aliphatic heterocycles. The molecule has 0 unspecified atom stereocenters. The van der Waals surface area contributed by atoms with Crippen LogP contribution in [0.3, 0.4) is 0 Å². The fourth-order valence-corrected chi connectivity index (χ4v) is 2.12. The normalized spacial score (nSPS) is 22.9. The highest BCUT2D eigenvalue weighted by Gasteiger charge is 2.37. The molecule has 1 amide bonds. The standard InChI is InChI=1S/C14H15NO4/c16-11-8-12(14(18)19)15(9-11)13(17)7-6-10-4-2-1-3-5-10/h1-7,11-12,16H,8-9H2,(H,18,19)/b7-6+/t11-,12+/m1/s1. The van der Waals surface area contributed by atoms with Gasteiger partial charge in [0.05, 0.1) is 6.10 Å². The molecule has 100 valence electrons. The first-order chi connectivity index (χ1) is 9.08. The number of carbonyl (C=O) groups is 2. The van der Waals surface area contributed by atoms with Gasteiger partial charge in [-0.05, 0) is 11.6 Å². The summed E-state index contributed by atoms with van der Waals surface area (Å²) in [6.45, 7) is 0.0644. The number of β-amino-alcohol motifs (C(OH)–C–C–N with tert-alkyl or cyclic N) is 1. The van der Waals surface area contributed by atoms with Gasteiger partial charge < -0.3 is 15.1 Å². The van der Waals surface area contributed by atoms with E-state index in [9.17, 15) is 14.7 Å². The number of aliphatic hydroxyl groups excluding tert-OH is 1. The second kappa shape index (κ2) is 5.67. The van der Waals surface area contributed by atoms with Gasteiger partial charge in [0, 0.05) is 19.0 Å². The van der Waals surface area contributed by atoms with Gasteiger partial charge in [0.15, 0.2) is 0 Å². The SMILES string of the molecule is O=C(O)[C@@H]1C[C@@H](O)CN1C(=O)/C=C/c1ccccc1. The van der Waals surface area contributed by atoms with Crippen molar-refractivity contribution in [3.05, 3.63) is 42.0 Å². The Morgan fingerprint density at radius 3 is 2.58 bits per heavy atom. The Kier molecular flexibility index (Phi) is 3.97. The van der Waals surface area contributed by atoms with Crippen LogP contribution < -0.4 is 0 Å². The predicted octanol–water partition coefficient (Wildman–Crippen LogP) is 0.746. The van der Waals surface area contributed by atoms with Crippen LogP contribution in [0.2, 0.25) is 0 Å². The summed E-state index contributed by atoms with van der Waals surface area (Å²) in [4.78, 5) is 24.1. The van der Waals surface area contributed by atoms with Gasteiger partial charge in [-0.1, -0.05) is 30.3 Å². The molecule has 0 aliphatic carbocycles. The molecule has 2 rings (SSSR count). The first-order valence-corrected chi connectivity index (χ1v) is 6.02. The van der Waals surface area contributed by atoms with Gasteiger partial charge in [-0.2, -0.15) is 0 Å². The van der Waals surface area contributed by atoms with Gasteiger partial charge in [0.1, 0.15) is 6.04 Å². The third kappa shape index (κ3) is 3.20. The first-order valence-electron chi connectivity index (χ1n) is 6.02.